The molecule has 2 N–H and O–H groups in total. The molecular formula is C22H39N7O4S. The molecule has 2 aliphatic rings. The molecule has 0 bridgehead atoms. The van der Waals surface area contributed by atoms with Gasteiger partial charge in [0.1, 0.15) is 12.7 Å². The monoisotopic (exact) mass is 497 g/mol. The highest BCUT2D eigenvalue weighted by molar-refractivity contribution is 8.10. The number of hydrogen-bond donors (Lipinski definition) is 2. The van der Waals surface area contributed by atoms with Crippen molar-refractivity contribution in [2.24, 2.45) is 20.6 Å². The quantitative estimate of drug-likeness (QED) is 0.203. The average Bonchev–Trinajstić information content (AvgIpc) is 3.23. The molecule has 2 aliphatic heterocycles. The van der Waals surface area contributed by atoms with Crippen LogP contribution in [0.5, 0.6) is 0 Å². The Bertz CT molecular complexity index is 761. The van der Waals surface area contributed by atoms with Crippen LogP contribution in [0.2, 0.25) is 0 Å². The highest BCUT2D eigenvalue weighted by atomic mass is 32.2. The summed E-state index contributed by atoms with van der Waals surface area (Å²) in [6, 6.07) is -1.06. The van der Waals surface area contributed by atoms with Crippen molar-refractivity contribution in [3.05, 3.63) is 0 Å². The summed E-state index contributed by atoms with van der Waals surface area (Å²) in [7, 11) is 0. The van der Waals surface area contributed by atoms with Gasteiger partial charge in [-0.1, -0.05) is 20.8 Å². The third-order valence-corrected chi connectivity index (χ3v) is 6.29. The van der Waals surface area contributed by atoms with Crippen molar-refractivity contribution in [3.63, 3.8) is 0 Å². The number of nitrogens with one attached hydrogen (secondary N) is 1. The van der Waals surface area contributed by atoms with Gasteiger partial charge in [-0.25, -0.2) is 0 Å². The van der Waals surface area contributed by atoms with E-state index in [-0.39, 0.29) is 24.4 Å². The Labute approximate surface area is 206 Å². The van der Waals surface area contributed by atoms with Crippen molar-refractivity contribution in [2.75, 3.05) is 45.9 Å². The van der Waals surface area contributed by atoms with Crippen LogP contribution in [0.1, 0.15) is 47.5 Å². The van der Waals surface area contributed by atoms with Crippen molar-refractivity contribution >= 4 is 35.3 Å². The lowest BCUT2D eigenvalue weighted by molar-refractivity contribution is -0.140. The third kappa shape index (κ3) is 8.95. The second-order valence-electron chi connectivity index (χ2n) is 10.1. The molecule has 12 heteroatoms. The normalized spacial score (nSPS) is 21.6. The third-order valence-electron chi connectivity index (χ3n) is 5.75. The number of hydrogen-bond acceptors (Lipinski definition) is 9. The summed E-state index contributed by atoms with van der Waals surface area (Å²) >= 11 is 1.12. The van der Waals surface area contributed by atoms with E-state index in [1.807, 2.05) is 39.5 Å². The first kappa shape index (κ1) is 28.2. The van der Waals surface area contributed by atoms with Gasteiger partial charge in [0.25, 0.3) is 11.8 Å². The van der Waals surface area contributed by atoms with E-state index in [4.69, 9.17) is 5.11 Å². The number of carbonyl (C=O) groups is 3. The van der Waals surface area contributed by atoms with Gasteiger partial charge in [0.15, 0.2) is 6.04 Å². The molecule has 0 spiro atoms. The van der Waals surface area contributed by atoms with Gasteiger partial charge in [-0.15, -0.1) is 0 Å². The van der Waals surface area contributed by atoms with E-state index >= 15 is 0 Å². The topological polar surface area (TPSA) is 130 Å². The van der Waals surface area contributed by atoms with Gasteiger partial charge in [-0.3, -0.25) is 33.9 Å². The van der Waals surface area contributed by atoms with Crippen LogP contribution in [0, 0.1) is 5.41 Å². The molecule has 2 fully saturated rings. The number of aliphatic carboxylic acids is 1. The first-order valence-electron chi connectivity index (χ1n) is 11.8. The molecule has 192 valence electrons. The fourth-order valence-corrected chi connectivity index (χ4v) is 4.45. The number of nitrogens with zero attached hydrogens (tertiary/aromatic N) is 6. The number of likely N-dealkylation sites (tertiary alicyclic amines) is 1. The Kier molecular flexibility index (Phi) is 10.9. The Hall–Kier alpha value is -2.05. The molecule has 0 radical (unpaired) electrons. The van der Waals surface area contributed by atoms with E-state index in [0.29, 0.717) is 45.8 Å². The van der Waals surface area contributed by atoms with Crippen LogP contribution in [0.3, 0.4) is 0 Å². The van der Waals surface area contributed by atoms with E-state index in [1.54, 1.807) is 10.4 Å². The average molecular weight is 498 g/mol. The van der Waals surface area contributed by atoms with Gasteiger partial charge in [0.05, 0.1) is 12.1 Å². The van der Waals surface area contributed by atoms with Crippen LogP contribution in [0.25, 0.3) is 0 Å². The Morgan fingerprint density at radius 2 is 1.76 bits per heavy atom. The van der Waals surface area contributed by atoms with Gasteiger partial charge in [-0.05, 0) is 44.1 Å². The minimum Gasteiger partial charge on any atom is -0.480 e. The molecule has 11 nitrogen and oxygen atoms in total. The second-order valence-corrected chi connectivity index (χ2v) is 10.7. The van der Waals surface area contributed by atoms with E-state index in [2.05, 4.69) is 24.8 Å². The van der Waals surface area contributed by atoms with E-state index < -0.39 is 23.5 Å². The predicted octanol–water partition coefficient (Wildman–Crippen LogP) is 1.71. The number of carboxylic acid groups (broad SMARTS) is 1. The Balaban J connectivity index is 1.95. The summed E-state index contributed by atoms with van der Waals surface area (Å²) in [5.41, 5.74) is 1.15. The number of aliphatic imine (C=N–C) groups is 1. The molecule has 0 aromatic rings. The van der Waals surface area contributed by atoms with Crippen molar-refractivity contribution < 1.29 is 19.5 Å². The molecule has 2 saturated heterocycles. The zero-order chi connectivity index (χ0) is 25.3. The number of piperazine rings is 1. The number of rotatable bonds is 10. The molecule has 2 heterocycles. The summed E-state index contributed by atoms with van der Waals surface area (Å²) in [6.45, 7) is 13.4. The standard InChI is InChI=1S/C22H39N7O4S/c1-16(2)23-15-34-26-20(32)17-7-6-8-29(17)21(33)19(22(3,4)5)25-24-14-28-11-9-27(10-12-28)13-18(30)31/h15-17,19H,6-14H2,1-5H3,(H,26,32)(H,30,31)/t17-,19+/m0/s1. The molecular weight excluding hydrogens is 458 g/mol. The van der Waals surface area contributed by atoms with Crippen molar-refractivity contribution in [1.29, 1.82) is 0 Å². The lowest BCUT2D eigenvalue weighted by atomic mass is 9.86. The molecule has 2 rings (SSSR count). The van der Waals surface area contributed by atoms with E-state index in [9.17, 15) is 14.4 Å². The smallest absolute Gasteiger partial charge is 0.317 e. The molecule has 0 unspecified atom stereocenters. The highest BCUT2D eigenvalue weighted by Gasteiger charge is 2.41. The first-order chi connectivity index (χ1) is 16.0. The zero-order valence-corrected chi connectivity index (χ0v) is 21.8. The summed E-state index contributed by atoms with van der Waals surface area (Å²) in [4.78, 5) is 46.8. The number of azo groups is 1. The van der Waals surface area contributed by atoms with Crippen LogP contribution in [0.15, 0.2) is 15.2 Å². The SMILES string of the molecule is CC(C)N=CSNC(=O)[C@@H]1CCCN1C(=O)[C@@H](N=NCN1CCN(CC(=O)O)CC1)C(C)(C)C. The van der Waals surface area contributed by atoms with Gasteiger partial charge >= 0.3 is 5.97 Å². The van der Waals surface area contributed by atoms with Crippen LogP contribution in [0.4, 0.5) is 0 Å². The van der Waals surface area contributed by atoms with Crippen LogP contribution in [-0.2, 0) is 14.4 Å². The summed E-state index contributed by atoms with van der Waals surface area (Å²) in [5.74, 6) is -1.20. The highest BCUT2D eigenvalue weighted by Crippen LogP contribution is 2.28. The molecule has 0 aliphatic carbocycles. The lowest BCUT2D eigenvalue weighted by Crippen LogP contribution is -2.50. The molecule has 0 aromatic heterocycles. The van der Waals surface area contributed by atoms with Gasteiger partial charge in [0.2, 0.25) is 0 Å². The molecule has 2 atom stereocenters. The van der Waals surface area contributed by atoms with E-state index in [1.165, 1.54) is 0 Å². The van der Waals surface area contributed by atoms with Crippen molar-refractivity contribution in [3.8, 4) is 0 Å². The fourth-order valence-electron chi connectivity index (χ4n) is 3.85. The molecule has 2 amide bonds. The Morgan fingerprint density at radius 1 is 1.12 bits per heavy atom. The minimum atomic E-state index is -0.823. The summed E-state index contributed by atoms with van der Waals surface area (Å²) < 4.78 is 2.78. The number of carboxylic acids is 1. The summed E-state index contributed by atoms with van der Waals surface area (Å²) in [6.07, 6.45) is 1.39. The molecule has 0 aromatic carbocycles. The maximum absolute atomic E-state index is 13.4. The lowest BCUT2D eigenvalue weighted by Gasteiger charge is -2.33. The fraction of sp³-hybridized carbons (Fsp3) is 0.818. The maximum Gasteiger partial charge on any atom is 0.317 e. The predicted molar refractivity (Wildman–Crippen MR) is 133 cm³/mol. The van der Waals surface area contributed by atoms with Gasteiger partial charge in [0, 0.05) is 38.8 Å². The van der Waals surface area contributed by atoms with Crippen LogP contribution >= 0.6 is 11.9 Å². The minimum absolute atomic E-state index is 0.0452. The Morgan fingerprint density at radius 3 is 2.35 bits per heavy atom. The van der Waals surface area contributed by atoms with Crippen molar-refractivity contribution in [1.82, 2.24) is 19.4 Å². The number of amides is 2. The number of carbonyl (C=O) groups excluding carboxylic acids is 2. The van der Waals surface area contributed by atoms with Crippen molar-refractivity contribution in [2.45, 2.75) is 65.6 Å². The van der Waals surface area contributed by atoms with Crippen LogP contribution in [-0.4, -0.2) is 107 Å². The summed E-state index contributed by atoms with van der Waals surface area (Å²) in [5, 5.41) is 17.7. The molecule has 34 heavy (non-hydrogen) atoms. The molecule has 0 saturated carbocycles. The van der Waals surface area contributed by atoms with Crippen LogP contribution < -0.4 is 4.72 Å². The zero-order valence-electron chi connectivity index (χ0n) is 20.9. The van der Waals surface area contributed by atoms with Gasteiger partial charge in [-0.2, -0.15) is 10.2 Å². The second kappa shape index (κ2) is 13.1. The first-order valence-corrected chi connectivity index (χ1v) is 12.7. The maximum atomic E-state index is 13.4. The van der Waals surface area contributed by atoms with Gasteiger partial charge < -0.3 is 10.0 Å². The van der Waals surface area contributed by atoms with E-state index in [0.717, 1.165) is 18.4 Å². The largest absolute Gasteiger partial charge is 0.480 e.